The number of carbonyl (C=O) groups is 2. The summed E-state index contributed by atoms with van der Waals surface area (Å²) in [5, 5.41) is 14.3. The summed E-state index contributed by atoms with van der Waals surface area (Å²) < 4.78 is 3.11. The van der Waals surface area contributed by atoms with Gasteiger partial charge in [0, 0.05) is 32.3 Å². The summed E-state index contributed by atoms with van der Waals surface area (Å²) in [6.07, 6.45) is 4.21. The van der Waals surface area contributed by atoms with Gasteiger partial charge in [-0.2, -0.15) is 10.2 Å². The van der Waals surface area contributed by atoms with Crippen LogP contribution >= 0.6 is 11.6 Å². The van der Waals surface area contributed by atoms with E-state index in [0.717, 1.165) is 5.56 Å². The fourth-order valence-electron chi connectivity index (χ4n) is 2.64. The van der Waals surface area contributed by atoms with E-state index in [1.54, 1.807) is 24.0 Å². The molecule has 0 aliphatic rings. The van der Waals surface area contributed by atoms with Crippen LogP contribution in [0, 0.1) is 0 Å². The topological polar surface area (TPSA) is 93.8 Å². The smallest absolute Gasteiger partial charge is 0.271 e. The molecule has 0 spiro atoms. The van der Waals surface area contributed by atoms with Crippen molar-refractivity contribution in [2.75, 3.05) is 11.9 Å². The summed E-state index contributed by atoms with van der Waals surface area (Å²) in [6.45, 7) is 0.876. The van der Waals surface area contributed by atoms with E-state index in [1.165, 1.54) is 10.9 Å². The molecule has 0 saturated carbocycles. The molecule has 2 heterocycles. The second-order valence-corrected chi connectivity index (χ2v) is 6.69. The van der Waals surface area contributed by atoms with E-state index in [4.69, 9.17) is 11.6 Å². The lowest BCUT2D eigenvalue weighted by Gasteiger charge is -2.05. The molecule has 28 heavy (non-hydrogen) atoms. The standard InChI is InChI=1S/C19H21ClN6O2/c1-25-17(23-18(27)8-7-14-5-3-2-4-6-14)11-16(24-25)19(28)21-9-10-26-13-15(20)12-22-26/h2-6,11-13H,7-10H2,1H3,(H,21,28)(H,23,27). The number of nitrogens with one attached hydrogen (secondary N) is 2. The number of halogens is 1. The number of hydrogen-bond acceptors (Lipinski definition) is 4. The van der Waals surface area contributed by atoms with Crippen LogP contribution in [0.2, 0.25) is 5.02 Å². The average Bonchev–Trinajstić information content (AvgIpc) is 3.26. The van der Waals surface area contributed by atoms with Gasteiger partial charge in [-0.1, -0.05) is 41.9 Å². The zero-order valence-electron chi connectivity index (χ0n) is 15.4. The third-order valence-corrected chi connectivity index (χ3v) is 4.29. The summed E-state index contributed by atoms with van der Waals surface area (Å²) in [5.41, 5.74) is 1.33. The number of aryl methyl sites for hydroxylation is 2. The van der Waals surface area contributed by atoms with Crippen LogP contribution in [-0.4, -0.2) is 37.9 Å². The largest absolute Gasteiger partial charge is 0.349 e. The summed E-state index contributed by atoms with van der Waals surface area (Å²) in [4.78, 5) is 24.4. The highest BCUT2D eigenvalue weighted by atomic mass is 35.5. The highest BCUT2D eigenvalue weighted by molar-refractivity contribution is 6.30. The number of benzene rings is 1. The SMILES string of the molecule is Cn1nc(C(=O)NCCn2cc(Cl)cn2)cc1NC(=O)CCc1ccccc1. The molecule has 2 amide bonds. The van der Waals surface area contributed by atoms with Gasteiger partial charge in [0.2, 0.25) is 5.91 Å². The van der Waals surface area contributed by atoms with Crippen LogP contribution in [0.4, 0.5) is 5.82 Å². The molecule has 0 fully saturated rings. The molecule has 8 nitrogen and oxygen atoms in total. The van der Waals surface area contributed by atoms with Crippen LogP contribution in [0.25, 0.3) is 0 Å². The van der Waals surface area contributed by atoms with E-state index in [0.29, 0.717) is 36.8 Å². The lowest BCUT2D eigenvalue weighted by molar-refractivity contribution is -0.116. The van der Waals surface area contributed by atoms with Gasteiger partial charge in [0.05, 0.1) is 17.8 Å². The lowest BCUT2D eigenvalue weighted by atomic mass is 10.1. The van der Waals surface area contributed by atoms with E-state index in [1.807, 2.05) is 30.3 Å². The molecule has 0 atom stereocenters. The Hall–Kier alpha value is -3.13. The Morgan fingerprint density at radius 3 is 2.71 bits per heavy atom. The lowest BCUT2D eigenvalue weighted by Crippen LogP contribution is -2.27. The van der Waals surface area contributed by atoms with Crippen LogP contribution in [-0.2, 0) is 24.8 Å². The van der Waals surface area contributed by atoms with Gasteiger partial charge >= 0.3 is 0 Å². The van der Waals surface area contributed by atoms with Gasteiger partial charge in [0.1, 0.15) is 5.82 Å². The second kappa shape index (κ2) is 9.18. The van der Waals surface area contributed by atoms with Crippen LogP contribution in [0.3, 0.4) is 0 Å². The zero-order chi connectivity index (χ0) is 19.9. The monoisotopic (exact) mass is 400 g/mol. The summed E-state index contributed by atoms with van der Waals surface area (Å²) in [5.74, 6) is 0.0232. The minimum absolute atomic E-state index is 0.130. The quantitative estimate of drug-likeness (QED) is 0.606. The van der Waals surface area contributed by atoms with Gasteiger partial charge in [0.25, 0.3) is 5.91 Å². The number of nitrogens with zero attached hydrogens (tertiary/aromatic N) is 4. The Balaban J connectivity index is 1.49. The Morgan fingerprint density at radius 2 is 2.00 bits per heavy atom. The number of aromatic nitrogens is 4. The van der Waals surface area contributed by atoms with Crippen molar-refractivity contribution in [1.29, 1.82) is 0 Å². The Kier molecular flexibility index (Phi) is 6.44. The van der Waals surface area contributed by atoms with Crippen LogP contribution in [0.15, 0.2) is 48.8 Å². The third kappa shape index (κ3) is 5.43. The predicted octanol–water partition coefficient (Wildman–Crippen LogP) is 2.27. The first-order valence-electron chi connectivity index (χ1n) is 8.85. The van der Waals surface area contributed by atoms with Crippen molar-refractivity contribution in [1.82, 2.24) is 24.9 Å². The number of rotatable bonds is 8. The van der Waals surface area contributed by atoms with Crippen molar-refractivity contribution in [3.63, 3.8) is 0 Å². The first-order chi connectivity index (χ1) is 13.5. The van der Waals surface area contributed by atoms with Crippen molar-refractivity contribution in [3.05, 3.63) is 65.1 Å². The molecule has 0 aliphatic carbocycles. The molecular formula is C19H21ClN6O2. The molecule has 1 aromatic carbocycles. The summed E-state index contributed by atoms with van der Waals surface area (Å²) in [6, 6.07) is 11.4. The van der Waals surface area contributed by atoms with Crippen molar-refractivity contribution >= 4 is 29.2 Å². The molecule has 0 radical (unpaired) electrons. The fraction of sp³-hybridized carbons (Fsp3) is 0.263. The van der Waals surface area contributed by atoms with Crippen molar-refractivity contribution < 1.29 is 9.59 Å². The van der Waals surface area contributed by atoms with Gasteiger partial charge in [-0.05, 0) is 12.0 Å². The van der Waals surface area contributed by atoms with Crippen molar-refractivity contribution in [2.24, 2.45) is 7.05 Å². The zero-order valence-corrected chi connectivity index (χ0v) is 16.2. The van der Waals surface area contributed by atoms with Gasteiger partial charge in [-0.3, -0.25) is 19.0 Å². The minimum Gasteiger partial charge on any atom is -0.349 e. The highest BCUT2D eigenvalue weighted by Gasteiger charge is 2.14. The molecule has 2 aromatic heterocycles. The third-order valence-electron chi connectivity index (χ3n) is 4.09. The fourth-order valence-corrected chi connectivity index (χ4v) is 2.79. The van der Waals surface area contributed by atoms with E-state index >= 15 is 0 Å². The van der Waals surface area contributed by atoms with Crippen LogP contribution in [0.5, 0.6) is 0 Å². The molecule has 2 N–H and O–H groups in total. The normalized spacial score (nSPS) is 10.6. The predicted molar refractivity (Wildman–Crippen MR) is 106 cm³/mol. The molecule has 3 aromatic rings. The summed E-state index contributed by atoms with van der Waals surface area (Å²) in [7, 11) is 1.68. The van der Waals surface area contributed by atoms with Gasteiger partial charge in [-0.25, -0.2) is 0 Å². The molecular weight excluding hydrogens is 380 g/mol. The Labute approximate surface area is 167 Å². The number of anilines is 1. The maximum atomic E-state index is 12.2. The number of hydrogen-bond donors (Lipinski definition) is 2. The van der Waals surface area contributed by atoms with Crippen molar-refractivity contribution in [2.45, 2.75) is 19.4 Å². The van der Waals surface area contributed by atoms with Crippen LogP contribution in [0.1, 0.15) is 22.5 Å². The van der Waals surface area contributed by atoms with E-state index < -0.39 is 0 Å². The van der Waals surface area contributed by atoms with E-state index in [2.05, 4.69) is 20.8 Å². The van der Waals surface area contributed by atoms with Gasteiger partial charge in [0.15, 0.2) is 5.69 Å². The first kappa shape index (κ1) is 19.6. The summed E-state index contributed by atoms with van der Waals surface area (Å²) >= 11 is 5.80. The van der Waals surface area contributed by atoms with Crippen LogP contribution < -0.4 is 10.6 Å². The molecule has 0 unspecified atom stereocenters. The van der Waals surface area contributed by atoms with Gasteiger partial charge in [-0.15, -0.1) is 0 Å². The average molecular weight is 401 g/mol. The molecule has 146 valence electrons. The van der Waals surface area contributed by atoms with Gasteiger partial charge < -0.3 is 10.6 Å². The minimum atomic E-state index is -0.321. The molecule has 0 saturated heterocycles. The molecule has 0 aliphatic heterocycles. The Morgan fingerprint density at radius 1 is 1.21 bits per heavy atom. The maximum Gasteiger partial charge on any atom is 0.271 e. The number of carbonyl (C=O) groups excluding carboxylic acids is 2. The number of amides is 2. The first-order valence-corrected chi connectivity index (χ1v) is 9.23. The molecule has 0 bridgehead atoms. The van der Waals surface area contributed by atoms with E-state index in [9.17, 15) is 9.59 Å². The molecule has 9 heteroatoms. The maximum absolute atomic E-state index is 12.2. The van der Waals surface area contributed by atoms with E-state index in [-0.39, 0.29) is 17.5 Å². The van der Waals surface area contributed by atoms with Crippen molar-refractivity contribution in [3.8, 4) is 0 Å². The second-order valence-electron chi connectivity index (χ2n) is 6.25. The Bertz CT molecular complexity index is 951. The molecule has 3 rings (SSSR count). The highest BCUT2D eigenvalue weighted by Crippen LogP contribution is 2.11.